The predicted molar refractivity (Wildman–Crippen MR) is 58.3 cm³/mol. The number of rotatable bonds is 1. The molecule has 0 saturated heterocycles. The zero-order chi connectivity index (χ0) is 16.1. The number of hydrogen-bond donors (Lipinski definition) is 1. The summed E-state index contributed by atoms with van der Waals surface area (Å²) in [5.74, 6) is -2.38. The van der Waals surface area contributed by atoms with E-state index in [0.717, 1.165) is 11.1 Å². The summed E-state index contributed by atoms with van der Waals surface area (Å²) in [6, 6.07) is 0.812. The van der Waals surface area contributed by atoms with E-state index in [0.29, 0.717) is 12.1 Å². The van der Waals surface area contributed by atoms with E-state index in [2.05, 4.69) is 0 Å². The van der Waals surface area contributed by atoms with Crippen LogP contribution in [0, 0.1) is 0 Å². The fraction of sp³-hybridized carbons (Fsp3) is 0.333. The van der Waals surface area contributed by atoms with E-state index in [4.69, 9.17) is 4.84 Å². The van der Waals surface area contributed by atoms with Crippen molar-refractivity contribution < 1.29 is 36.3 Å². The molecular weight excluding hydrogens is 304 g/mol. The van der Waals surface area contributed by atoms with Crippen molar-refractivity contribution in [2.45, 2.75) is 18.1 Å². The average molecular weight is 313 g/mol. The van der Waals surface area contributed by atoms with E-state index in [-0.39, 0.29) is 6.07 Å². The third-order valence-corrected chi connectivity index (χ3v) is 2.79. The van der Waals surface area contributed by atoms with Crippen LogP contribution < -0.4 is 0 Å². The first-order chi connectivity index (χ1) is 9.42. The lowest BCUT2D eigenvalue weighted by molar-refractivity contribution is -0.267. The smallest absolute Gasteiger partial charge is 0.357 e. The molecule has 0 spiro atoms. The van der Waals surface area contributed by atoms with Crippen LogP contribution >= 0.6 is 0 Å². The molecule has 3 nitrogen and oxygen atoms in total. The van der Waals surface area contributed by atoms with Crippen LogP contribution in [0.25, 0.3) is 0 Å². The lowest BCUT2D eigenvalue weighted by Gasteiger charge is -2.24. The molecule has 1 unspecified atom stereocenters. The average Bonchev–Trinajstić information content (AvgIpc) is 2.68. The highest BCUT2D eigenvalue weighted by Crippen LogP contribution is 2.40. The van der Waals surface area contributed by atoms with Gasteiger partial charge in [-0.2, -0.15) is 26.3 Å². The largest absolute Gasteiger partial charge is 0.416 e. The van der Waals surface area contributed by atoms with Gasteiger partial charge in [-0.1, -0.05) is 0 Å². The Morgan fingerprint density at radius 2 is 1.48 bits per heavy atom. The molecule has 0 amide bonds. The summed E-state index contributed by atoms with van der Waals surface area (Å²) in [6.07, 6.45) is -7.85. The minimum Gasteiger partial charge on any atom is -0.357 e. The Balaban J connectivity index is 2.59. The van der Waals surface area contributed by atoms with E-state index < -0.39 is 34.8 Å². The molecule has 1 aromatic rings. The molecule has 0 saturated carbocycles. The lowest BCUT2D eigenvalue weighted by atomic mass is 9.99. The van der Waals surface area contributed by atoms with E-state index in [1.807, 2.05) is 0 Å². The normalized spacial score (nSPS) is 23.0. The minimum atomic E-state index is -4.99. The molecule has 0 radical (unpaired) electrons. The van der Waals surface area contributed by atoms with Crippen LogP contribution in [-0.2, 0) is 23.0 Å². The van der Waals surface area contributed by atoms with Crippen LogP contribution in [0.4, 0.5) is 26.3 Å². The van der Waals surface area contributed by atoms with E-state index in [1.54, 1.807) is 0 Å². The predicted octanol–water partition coefficient (Wildman–Crippen LogP) is 3.26. The Kier molecular flexibility index (Phi) is 3.45. The van der Waals surface area contributed by atoms with Crippen molar-refractivity contribution in [1.29, 1.82) is 0 Å². The number of alkyl halides is 6. The Labute approximate surface area is 115 Å². The van der Waals surface area contributed by atoms with Crippen LogP contribution in [0.2, 0.25) is 0 Å². The molecule has 0 bridgehead atoms. The molecule has 1 aromatic carbocycles. The van der Waals surface area contributed by atoms with E-state index >= 15 is 0 Å². The van der Waals surface area contributed by atoms with Gasteiger partial charge in [-0.3, -0.25) is 5.06 Å². The summed E-state index contributed by atoms with van der Waals surface area (Å²) in [5, 5.41) is 11.0. The van der Waals surface area contributed by atoms with Crippen molar-refractivity contribution in [3.63, 3.8) is 0 Å². The number of hydrogen-bond acceptors (Lipinski definition) is 3. The summed E-state index contributed by atoms with van der Waals surface area (Å²) < 4.78 is 76.2. The number of hydroxylamine groups is 2. The number of aliphatic hydroxyl groups is 1. The van der Waals surface area contributed by atoms with Crippen LogP contribution in [0.3, 0.4) is 0 Å². The van der Waals surface area contributed by atoms with Crippen molar-refractivity contribution in [3.8, 4) is 0 Å². The molecule has 9 heteroatoms. The Morgan fingerprint density at radius 3 is 1.81 bits per heavy atom. The maximum atomic E-state index is 12.7. The highest BCUT2D eigenvalue weighted by molar-refractivity contribution is 5.37. The zero-order valence-electron chi connectivity index (χ0n) is 10.5. The van der Waals surface area contributed by atoms with Gasteiger partial charge < -0.3 is 5.11 Å². The second-order valence-corrected chi connectivity index (χ2v) is 4.44. The van der Waals surface area contributed by atoms with Crippen molar-refractivity contribution in [2.24, 2.45) is 0 Å². The standard InChI is InChI=1S/C12H9F6NO2/c1-19-3-2-10(20,21-19)7-4-8(11(13,14)15)6-9(5-7)12(16,17)18/h2-6,20H,1H3. The fourth-order valence-corrected chi connectivity index (χ4v) is 1.80. The van der Waals surface area contributed by atoms with Gasteiger partial charge in [0.1, 0.15) is 0 Å². The maximum Gasteiger partial charge on any atom is 0.416 e. The van der Waals surface area contributed by atoms with Gasteiger partial charge in [-0.25, -0.2) is 4.84 Å². The van der Waals surface area contributed by atoms with Gasteiger partial charge >= 0.3 is 12.4 Å². The molecule has 1 aliphatic heterocycles. The molecule has 1 heterocycles. The third kappa shape index (κ3) is 3.13. The van der Waals surface area contributed by atoms with Gasteiger partial charge in [0.2, 0.25) is 5.79 Å². The topological polar surface area (TPSA) is 32.7 Å². The summed E-state index contributed by atoms with van der Waals surface area (Å²) in [7, 11) is 1.33. The maximum absolute atomic E-state index is 12.7. The number of nitrogens with zero attached hydrogens (tertiary/aromatic N) is 1. The van der Waals surface area contributed by atoms with Gasteiger partial charge in [0, 0.05) is 18.8 Å². The molecule has 116 valence electrons. The Bertz CT molecular complexity index is 548. The Hall–Kier alpha value is -1.74. The van der Waals surface area contributed by atoms with Crippen LogP contribution in [0.1, 0.15) is 16.7 Å². The van der Waals surface area contributed by atoms with E-state index in [1.165, 1.54) is 13.2 Å². The molecule has 21 heavy (non-hydrogen) atoms. The van der Waals surface area contributed by atoms with Crippen LogP contribution in [0.15, 0.2) is 30.5 Å². The molecule has 0 aromatic heterocycles. The van der Waals surface area contributed by atoms with Gasteiger partial charge in [-0.05, 0) is 24.3 Å². The second kappa shape index (κ2) is 4.63. The monoisotopic (exact) mass is 313 g/mol. The van der Waals surface area contributed by atoms with Gasteiger partial charge in [0.25, 0.3) is 0 Å². The first-order valence-corrected chi connectivity index (χ1v) is 5.55. The molecule has 0 fully saturated rings. The SMILES string of the molecule is CN1C=CC(O)(c2cc(C(F)(F)F)cc(C(F)(F)F)c2)O1. The van der Waals surface area contributed by atoms with Crippen molar-refractivity contribution in [2.75, 3.05) is 7.05 Å². The van der Waals surface area contributed by atoms with Gasteiger partial charge in [0.05, 0.1) is 11.1 Å². The molecule has 2 rings (SSSR count). The highest BCUT2D eigenvalue weighted by Gasteiger charge is 2.41. The summed E-state index contributed by atoms with van der Waals surface area (Å²) in [5.41, 5.74) is -3.70. The molecule has 1 atom stereocenters. The first-order valence-electron chi connectivity index (χ1n) is 5.55. The fourth-order valence-electron chi connectivity index (χ4n) is 1.80. The number of benzene rings is 1. The third-order valence-electron chi connectivity index (χ3n) is 2.79. The first kappa shape index (κ1) is 15.6. The van der Waals surface area contributed by atoms with Crippen molar-refractivity contribution in [1.82, 2.24) is 5.06 Å². The van der Waals surface area contributed by atoms with Crippen LogP contribution in [-0.4, -0.2) is 17.2 Å². The summed E-state index contributed by atoms with van der Waals surface area (Å²) >= 11 is 0. The highest BCUT2D eigenvalue weighted by atomic mass is 19.4. The second-order valence-electron chi connectivity index (χ2n) is 4.44. The van der Waals surface area contributed by atoms with Gasteiger partial charge in [0.15, 0.2) is 0 Å². The Morgan fingerprint density at radius 1 is 1.00 bits per heavy atom. The van der Waals surface area contributed by atoms with Crippen molar-refractivity contribution >= 4 is 0 Å². The minimum absolute atomic E-state index is 0.0186. The van der Waals surface area contributed by atoms with E-state index in [9.17, 15) is 31.4 Å². The quantitative estimate of drug-likeness (QED) is 0.808. The van der Waals surface area contributed by atoms with Crippen LogP contribution in [0.5, 0.6) is 0 Å². The molecular formula is C12H9F6NO2. The number of halogens is 6. The molecule has 1 aliphatic rings. The zero-order valence-corrected chi connectivity index (χ0v) is 10.5. The summed E-state index contributed by atoms with van der Waals surface area (Å²) in [4.78, 5) is 4.81. The lowest BCUT2D eigenvalue weighted by Crippen LogP contribution is -2.28. The van der Waals surface area contributed by atoms with Gasteiger partial charge in [-0.15, -0.1) is 0 Å². The summed E-state index contributed by atoms with van der Waals surface area (Å²) in [6.45, 7) is 0. The molecule has 1 N–H and O–H groups in total. The van der Waals surface area contributed by atoms with Crippen molar-refractivity contribution in [3.05, 3.63) is 47.2 Å². The molecule has 0 aliphatic carbocycles.